The molecule has 1 atom stereocenters. The Labute approximate surface area is 273 Å². The Kier molecular flexibility index (Phi) is 9.33. The van der Waals surface area contributed by atoms with E-state index in [1.807, 2.05) is 39.0 Å². The Hall–Kier alpha value is -5.25. The quantitative estimate of drug-likeness (QED) is 0.216. The van der Waals surface area contributed by atoms with Crippen LogP contribution >= 0.6 is 0 Å². The lowest BCUT2D eigenvalue weighted by Crippen LogP contribution is -2.12. The average Bonchev–Trinajstić information content (AvgIpc) is 3.74. The van der Waals surface area contributed by atoms with Gasteiger partial charge >= 0.3 is 17.9 Å². The molecule has 0 unspecified atom stereocenters. The third-order valence-electron chi connectivity index (χ3n) is 9.12. The van der Waals surface area contributed by atoms with Gasteiger partial charge in [0.1, 0.15) is 0 Å². The van der Waals surface area contributed by atoms with E-state index in [1.54, 1.807) is 6.08 Å². The molecule has 244 valence electrons. The van der Waals surface area contributed by atoms with Crippen molar-refractivity contribution in [1.82, 2.24) is 19.9 Å². The third-order valence-corrected chi connectivity index (χ3v) is 9.12. The number of H-pyrrole nitrogens is 2. The van der Waals surface area contributed by atoms with E-state index in [1.165, 1.54) is 21.3 Å². The van der Waals surface area contributed by atoms with Crippen LogP contribution in [0.4, 0.5) is 0 Å². The number of methoxy groups -OCH3 is 3. The number of hydrogen-bond acceptors (Lipinski definition) is 8. The van der Waals surface area contributed by atoms with Crippen molar-refractivity contribution in [3.05, 3.63) is 81.4 Å². The van der Waals surface area contributed by atoms with E-state index in [4.69, 9.17) is 24.2 Å². The molecular formula is C37H40N4O6. The van der Waals surface area contributed by atoms with E-state index in [0.717, 1.165) is 50.7 Å². The monoisotopic (exact) mass is 636 g/mol. The number of rotatable bonds is 7. The lowest BCUT2D eigenvalue weighted by atomic mass is 9.92. The number of hydrogen-bond donors (Lipinski definition) is 2. The molecule has 3 aromatic heterocycles. The fraction of sp³-hybridized carbons (Fsp3) is 0.324. The number of carbonyl (C=O) groups is 3. The Bertz CT molecular complexity index is 2060. The molecule has 0 amide bonds. The van der Waals surface area contributed by atoms with Crippen molar-refractivity contribution in [1.29, 1.82) is 0 Å². The predicted octanol–water partition coefficient (Wildman–Crippen LogP) is 6.71. The molecule has 0 saturated carbocycles. The first-order valence-electron chi connectivity index (χ1n) is 15.5. The van der Waals surface area contributed by atoms with Gasteiger partial charge in [-0.25, -0.2) is 9.78 Å². The Morgan fingerprint density at radius 1 is 0.851 bits per heavy atom. The molecule has 0 aromatic carbocycles. The Morgan fingerprint density at radius 3 is 2.17 bits per heavy atom. The van der Waals surface area contributed by atoms with Crippen LogP contribution in [0, 0.1) is 13.8 Å². The van der Waals surface area contributed by atoms with Crippen molar-refractivity contribution in [2.24, 2.45) is 0 Å². The molecular weight excluding hydrogens is 596 g/mol. The van der Waals surface area contributed by atoms with Crippen LogP contribution in [0.2, 0.25) is 0 Å². The normalized spacial score (nSPS) is 15.1. The SMILES string of the molecule is C=Cc1c(C)c2cc3nc(c(CC(=O)OC)c4nc(cc5[nH]c(cc1[nH]2)c(C)c5CC)C(C)=C4C(=O)OC)/C(=C/CC(=O)OC)[C@@H]3C. The van der Waals surface area contributed by atoms with Crippen molar-refractivity contribution in [3.63, 3.8) is 0 Å². The second kappa shape index (κ2) is 13.2. The molecule has 0 saturated heterocycles. The summed E-state index contributed by atoms with van der Waals surface area (Å²) in [4.78, 5) is 55.9. The van der Waals surface area contributed by atoms with E-state index in [-0.39, 0.29) is 30.0 Å². The first-order valence-corrected chi connectivity index (χ1v) is 15.5. The van der Waals surface area contributed by atoms with Gasteiger partial charge in [-0.3, -0.25) is 14.6 Å². The number of nitrogens with one attached hydrogen (secondary N) is 2. The number of aromatic amines is 2. The smallest absolute Gasteiger partial charge is 0.340 e. The molecule has 8 bridgehead atoms. The van der Waals surface area contributed by atoms with Crippen molar-refractivity contribution < 1.29 is 28.6 Å². The largest absolute Gasteiger partial charge is 0.469 e. The summed E-state index contributed by atoms with van der Waals surface area (Å²) in [5, 5.41) is 0. The molecule has 10 heteroatoms. The van der Waals surface area contributed by atoms with E-state index in [0.29, 0.717) is 33.8 Å². The molecule has 2 aliphatic heterocycles. The highest BCUT2D eigenvalue weighted by atomic mass is 16.5. The summed E-state index contributed by atoms with van der Waals surface area (Å²) in [5.41, 5.74) is 11.6. The zero-order valence-corrected chi connectivity index (χ0v) is 28.1. The van der Waals surface area contributed by atoms with Gasteiger partial charge in [0, 0.05) is 39.1 Å². The number of aromatic nitrogens is 4. The zero-order valence-electron chi connectivity index (χ0n) is 28.1. The van der Waals surface area contributed by atoms with Crippen molar-refractivity contribution in [3.8, 4) is 0 Å². The average molecular weight is 637 g/mol. The number of allylic oxidation sites excluding steroid dienone is 2. The number of esters is 3. The molecule has 0 aliphatic carbocycles. The fourth-order valence-electron chi connectivity index (χ4n) is 6.38. The van der Waals surface area contributed by atoms with E-state index >= 15 is 0 Å². The number of fused-ring (bicyclic) bond motifs is 8. The van der Waals surface area contributed by atoms with Gasteiger partial charge in [-0.15, -0.1) is 0 Å². The van der Waals surface area contributed by atoms with Crippen molar-refractivity contribution in [2.75, 3.05) is 21.3 Å². The van der Waals surface area contributed by atoms with Gasteiger partial charge in [0.15, 0.2) is 0 Å². The van der Waals surface area contributed by atoms with Gasteiger partial charge in [0.2, 0.25) is 0 Å². The maximum absolute atomic E-state index is 13.4. The summed E-state index contributed by atoms with van der Waals surface area (Å²) in [6.07, 6.45) is 4.12. The van der Waals surface area contributed by atoms with E-state index in [9.17, 15) is 14.4 Å². The molecule has 2 N–H and O–H groups in total. The van der Waals surface area contributed by atoms with Gasteiger partial charge in [-0.1, -0.05) is 32.6 Å². The third kappa shape index (κ3) is 5.91. The summed E-state index contributed by atoms with van der Waals surface area (Å²) >= 11 is 0. The van der Waals surface area contributed by atoms with Gasteiger partial charge in [-0.2, -0.15) is 0 Å². The highest BCUT2D eigenvalue weighted by Gasteiger charge is 2.33. The molecule has 3 aromatic rings. The number of carbonyl (C=O) groups excluding carboxylic acids is 3. The summed E-state index contributed by atoms with van der Waals surface area (Å²) in [6.45, 7) is 14.1. The Balaban J connectivity index is 2.06. The van der Waals surface area contributed by atoms with Crippen LogP contribution in [-0.2, 0) is 41.4 Å². The van der Waals surface area contributed by atoms with E-state index < -0.39 is 17.9 Å². The highest BCUT2D eigenvalue weighted by Crippen LogP contribution is 2.41. The van der Waals surface area contributed by atoms with Gasteiger partial charge in [0.25, 0.3) is 0 Å². The zero-order chi connectivity index (χ0) is 34.2. The molecule has 0 radical (unpaired) electrons. The summed E-state index contributed by atoms with van der Waals surface area (Å²) in [6, 6.07) is 5.98. The summed E-state index contributed by atoms with van der Waals surface area (Å²) in [5.74, 6) is -1.84. The maximum Gasteiger partial charge on any atom is 0.340 e. The molecule has 0 fully saturated rings. The predicted molar refractivity (Wildman–Crippen MR) is 183 cm³/mol. The molecule has 47 heavy (non-hydrogen) atoms. The summed E-state index contributed by atoms with van der Waals surface area (Å²) < 4.78 is 15.3. The maximum atomic E-state index is 13.4. The minimum absolute atomic E-state index is 0.0142. The molecule has 10 nitrogen and oxygen atoms in total. The highest BCUT2D eigenvalue weighted by molar-refractivity contribution is 6.25. The Morgan fingerprint density at radius 2 is 1.53 bits per heavy atom. The van der Waals surface area contributed by atoms with Crippen LogP contribution < -0.4 is 0 Å². The first kappa shape index (κ1) is 33.1. The van der Waals surface area contributed by atoms with Crippen LogP contribution in [0.15, 0.2) is 30.9 Å². The minimum Gasteiger partial charge on any atom is -0.469 e. The van der Waals surface area contributed by atoms with Crippen LogP contribution in [0.3, 0.4) is 0 Å². The number of nitrogens with zero attached hydrogens (tertiary/aromatic N) is 2. The van der Waals surface area contributed by atoms with E-state index in [2.05, 4.69) is 36.5 Å². The van der Waals surface area contributed by atoms with Crippen molar-refractivity contribution in [2.45, 2.75) is 59.8 Å². The standard InChI is InChI=1S/C37H40N4O6/c1-10-22-18(3)26-15-28-20(5)24(12-13-32(42)45-7)35(40-28)25(14-33(43)46-8)36-34(37(44)47-9)21(6)29(41-36)17-31-23(11-2)19(4)27(39-31)16-30(22)38-26/h10,12,15-17,20,38-39H,1,11,13-14H2,2-9H3/b24-12+,26-15?,27-16?,28-15?,29-17?,30-16?,31-17?,35-25?,36-25?/t20-/m0/s1. The summed E-state index contributed by atoms with van der Waals surface area (Å²) in [7, 11) is 3.94. The first-order chi connectivity index (χ1) is 22.5. The van der Waals surface area contributed by atoms with Crippen molar-refractivity contribution >= 4 is 62.8 Å². The topological polar surface area (TPSA) is 136 Å². The number of aryl methyl sites for hydroxylation is 3. The second-order valence-corrected chi connectivity index (χ2v) is 11.7. The van der Waals surface area contributed by atoms with Crippen LogP contribution in [0.1, 0.15) is 83.7 Å². The van der Waals surface area contributed by atoms with Crippen LogP contribution in [-0.4, -0.2) is 59.2 Å². The molecule has 2 aliphatic rings. The number of ether oxygens (including phenoxy) is 3. The lowest BCUT2D eigenvalue weighted by molar-refractivity contribution is -0.140. The van der Waals surface area contributed by atoms with Crippen LogP contribution in [0.5, 0.6) is 0 Å². The molecule has 5 rings (SSSR count). The van der Waals surface area contributed by atoms with Gasteiger partial charge in [0.05, 0.1) is 62.5 Å². The molecule has 0 spiro atoms. The lowest BCUT2D eigenvalue weighted by Gasteiger charge is -2.12. The minimum atomic E-state index is -0.592. The van der Waals surface area contributed by atoms with Gasteiger partial charge < -0.3 is 24.2 Å². The molecule has 5 heterocycles. The van der Waals surface area contributed by atoms with Gasteiger partial charge in [-0.05, 0) is 73.2 Å². The second-order valence-electron chi connectivity index (χ2n) is 11.7. The van der Waals surface area contributed by atoms with Crippen LogP contribution in [0.25, 0.3) is 44.9 Å². The fourth-order valence-corrected chi connectivity index (χ4v) is 6.38.